The predicted octanol–water partition coefficient (Wildman–Crippen LogP) is 0.697. The summed E-state index contributed by atoms with van der Waals surface area (Å²) in [6.07, 6.45) is 0.952. The van der Waals surface area contributed by atoms with Crippen molar-refractivity contribution in [3.8, 4) is 0 Å². The molecule has 4 heteroatoms. The van der Waals surface area contributed by atoms with Crippen molar-refractivity contribution in [2.45, 2.75) is 12.5 Å². The molecule has 0 saturated carbocycles. The number of hydrogen-bond acceptors (Lipinski definition) is 3. The van der Waals surface area contributed by atoms with Crippen molar-refractivity contribution in [3.05, 3.63) is 30.3 Å². The van der Waals surface area contributed by atoms with Crippen molar-refractivity contribution in [1.29, 1.82) is 0 Å². The molecule has 1 aromatic carbocycles. The van der Waals surface area contributed by atoms with Gasteiger partial charge in [-0.05, 0) is 18.6 Å². The van der Waals surface area contributed by atoms with Crippen LogP contribution >= 0.6 is 0 Å². The summed E-state index contributed by atoms with van der Waals surface area (Å²) in [5.74, 6) is 0.267. The fourth-order valence-corrected chi connectivity index (χ4v) is 2.86. The molecule has 1 unspecified atom stereocenters. The Morgan fingerprint density at radius 1 is 1.06 bits per heavy atom. The zero-order chi connectivity index (χ0) is 12.4. The molecule has 1 atom stereocenters. The number of piperazine rings is 1. The van der Waals surface area contributed by atoms with Crippen molar-refractivity contribution in [3.63, 3.8) is 0 Å². The molecule has 2 heterocycles. The molecule has 0 radical (unpaired) electrons. The molecular formula is C14H19N3O. The largest absolute Gasteiger partial charge is 0.314 e. The second-order valence-electron chi connectivity index (χ2n) is 4.92. The van der Waals surface area contributed by atoms with Crippen LogP contribution in [0.2, 0.25) is 0 Å². The first-order valence-corrected chi connectivity index (χ1v) is 6.67. The van der Waals surface area contributed by atoms with E-state index in [-0.39, 0.29) is 11.9 Å². The normalized spacial score (nSPS) is 25.7. The van der Waals surface area contributed by atoms with E-state index in [2.05, 4.69) is 10.2 Å². The highest BCUT2D eigenvalue weighted by atomic mass is 16.2. The predicted molar refractivity (Wildman–Crippen MR) is 71.6 cm³/mol. The zero-order valence-corrected chi connectivity index (χ0v) is 10.5. The van der Waals surface area contributed by atoms with E-state index in [0.717, 1.165) is 44.8 Å². The standard InChI is InChI=1S/C14H19N3O/c18-14-13(16-10-7-15-8-11-16)6-9-17(14)12-4-2-1-3-5-12/h1-5,13,15H,6-11H2. The summed E-state index contributed by atoms with van der Waals surface area (Å²) >= 11 is 0. The summed E-state index contributed by atoms with van der Waals surface area (Å²) in [4.78, 5) is 16.7. The lowest BCUT2D eigenvalue weighted by atomic mass is 10.2. The van der Waals surface area contributed by atoms with Gasteiger partial charge in [0.25, 0.3) is 0 Å². The van der Waals surface area contributed by atoms with Gasteiger partial charge >= 0.3 is 0 Å². The quantitative estimate of drug-likeness (QED) is 0.833. The van der Waals surface area contributed by atoms with Crippen molar-refractivity contribution in [2.24, 2.45) is 0 Å². The van der Waals surface area contributed by atoms with Crippen molar-refractivity contribution in [1.82, 2.24) is 10.2 Å². The molecule has 1 amide bonds. The van der Waals surface area contributed by atoms with Gasteiger partial charge in [0.05, 0.1) is 6.04 Å². The van der Waals surface area contributed by atoms with Crippen LogP contribution in [0.5, 0.6) is 0 Å². The van der Waals surface area contributed by atoms with Crippen LogP contribution in [0.3, 0.4) is 0 Å². The summed E-state index contributed by atoms with van der Waals surface area (Å²) in [5.41, 5.74) is 1.03. The second kappa shape index (κ2) is 5.08. The highest BCUT2D eigenvalue weighted by Gasteiger charge is 2.36. The van der Waals surface area contributed by atoms with E-state index in [1.54, 1.807) is 0 Å². The Balaban J connectivity index is 1.72. The number of para-hydroxylation sites is 1. The lowest BCUT2D eigenvalue weighted by Gasteiger charge is -2.31. The van der Waals surface area contributed by atoms with Gasteiger partial charge < -0.3 is 10.2 Å². The smallest absolute Gasteiger partial charge is 0.244 e. The molecule has 2 aliphatic heterocycles. The van der Waals surface area contributed by atoms with Crippen LogP contribution in [0.4, 0.5) is 5.69 Å². The van der Waals surface area contributed by atoms with E-state index >= 15 is 0 Å². The molecule has 0 aliphatic carbocycles. The molecule has 96 valence electrons. The Hall–Kier alpha value is -1.39. The monoisotopic (exact) mass is 245 g/mol. The van der Waals surface area contributed by atoms with Crippen LogP contribution in [0.15, 0.2) is 30.3 Å². The number of anilines is 1. The Morgan fingerprint density at radius 3 is 2.50 bits per heavy atom. The third-order valence-electron chi connectivity index (χ3n) is 3.84. The van der Waals surface area contributed by atoms with E-state index in [4.69, 9.17) is 0 Å². The van der Waals surface area contributed by atoms with E-state index in [1.165, 1.54) is 0 Å². The third-order valence-corrected chi connectivity index (χ3v) is 3.84. The van der Waals surface area contributed by atoms with Gasteiger partial charge in [-0.25, -0.2) is 0 Å². The SMILES string of the molecule is O=C1C(N2CCNCC2)CCN1c1ccccc1. The fourth-order valence-electron chi connectivity index (χ4n) is 2.86. The number of hydrogen-bond donors (Lipinski definition) is 1. The maximum atomic E-state index is 12.5. The van der Waals surface area contributed by atoms with Gasteiger partial charge in [-0.1, -0.05) is 18.2 Å². The zero-order valence-electron chi connectivity index (χ0n) is 10.5. The highest BCUT2D eigenvalue weighted by Crippen LogP contribution is 2.24. The molecule has 0 bridgehead atoms. The Bertz CT molecular complexity index is 414. The summed E-state index contributed by atoms with van der Waals surface area (Å²) in [6, 6.07) is 10.1. The minimum atomic E-state index is 0.0901. The third kappa shape index (κ3) is 2.13. The maximum Gasteiger partial charge on any atom is 0.244 e. The van der Waals surface area contributed by atoms with Crippen LogP contribution < -0.4 is 10.2 Å². The molecule has 3 rings (SSSR count). The molecule has 2 aliphatic rings. The lowest BCUT2D eigenvalue weighted by molar-refractivity contribution is -0.121. The maximum absolute atomic E-state index is 12.5. The van der Waals surface area contributed by atoms with Crippen molar-refractivity contribution in [2.75, 3.05) is 37.6 Å². The van der Waals surface area contributed by atoms with Crippen LogP contribution in [0.25, 0.3) is 0 Å². The van der Waals surface area contributed by atoms with Gasteiger partial charge in [0, 0.05) is 38.4 Å². The van der Waals surface area contributed by atoms with Crippen molar-refractivity contribution >= 4 is 11.6 Å². The summed E-state index contributed by atoms with van der Waals surface area (Å²) in [7, 11) is 0. The molecule has 1 N–H and O–H groups in total. The van der Waals surface area contributed by atoms with Gasteiger partial charge in [-0.3, -0.25) is 9.69 Å². The number of rotatable bonds is 2. The average Bonchev–Trinajstić information content (AvgIpc) is 2.83. The lowest BCUT2D eigenvalue weighted by Crippen LogP contribution is -2.51. The molecule has 0 aromatic heterocycles. The van der Waals surface area contributed by atoms with Crippen LogP contribution in [0, 0.1) is 0 Å². The van der Waals surface area contributed by atoms with Crippen LogP contribution in [0.1, 0.15) is 6.42 Å². The molecule has 1 aromatic rings. The van der Waals surface area contributed by atoms with E-state index in [0.29, 0.717) is 0 Å². The molecular weight excluding hydrogens is 226 g/mol. The van der Waals surface area contributed by atoms with E-state index < -0.39 is 0 Å². The first-order chi connectivity index (χ1) is 8.86. The van der Waals surface area contributed by atoms with Crippen LogP contribution in [-0.4, -0.2) is 49.6 Å². The molecule has 4 nitrogen and oxygen atoms in total. The van der Waals surface area contributed by atoms with Gasteiger partial charge in [0.2, 0.25) is 5.91 Å². The van der Waals surface area contributed by atoms with Crippen LogP contribution in [-0.2, 0) is 4.79 Å². The Morgan fingerprint density at radius 2 is 1.78 bits per heavy atom. The number of nitrogens with zero attached hydrogens (tertiary/aromatic N) is 2. The second-order valence-corrected chi connectivity index (χ2v) is 4.92. The number of nitrogens with one attached hydrogen (secondary N) is 1. The van der Waals surface area contributed by atoms with Crippen molar-refractivity contribution < 1.29 is 4.79 Å². The molecule has 18 heavy (non-hydrogen) atoms. The number of amides is 1. The van der Waals surface area contributed by atoms with Gasteiger partial charge in [-0.15, -0.1) is 0 Å². The van der Waals surface area contributed by atoms with Gasteiger partial charge in [0.15, 0.2) is 0 Å². The summed E-state index contributed by atoms with van der Waals surface area (Å²) in [6.45, 7) is 4.81. The van der Waals surface area contributed by atoms with E-state index in [1.807, 2.05) is 35.2 Å². The average molecular weight is 245 g/mol. The topological polar surface area (TPSA) is 35.6 Å². The van der Waals surface area contributed by atoms with Gasteiger partial charge in [0.1, 0.15) is 0 Å². The van der Waals surface area contributed by atoms with Gasteiger partial charge in [-0.2, -0.15) is 0 Å². The number of benzene rings is 1. The van der Waals surface area contributed by atoms with E-state index in [9.17, 15) is 4.79 Å². The Labute approximate surface area is 108 Å². The minimum Gasteiger partial charge on any atom is -0.314 e. The molecule has 2 saturated heterocycles. The highest BCUT2D eigenvalue weighted by molar-refractivity contribution is 5.99. The Kier molecular flexibility index (Phi) is 3.30. The number of carbonyl (C=O) groups is 1. The molecule has 0 spiro atoms. The fraction of sp³-hybridized carbons (Fsp3) is 0.500. The summed E-state index contributed by atoms with van der Waals surface area (Å²) < 4.78 is 0. The summed E-state index contributed by atoms with van der Waals surface area (Å²) in [5, 5.41) is 3.33. The first kappa shape index (κ1) is 11.7. The minimum absolute atomic E-state index is 0.0901. The first-order valence-electron chi connectivity index (χ1n) is 6.67. The number of carbonyl (C=O) groups excluding carboxylic acids is 1. The molecule has 2 fully saturated rings.